The Morgan fingerprint density at radius 1 is 1.00 bits per heavy atom. The number of hydrogen-bond donors (Lipinski definition) is 3. The zero-order chi connectivity index (χ0) is 19.7. The second-order valence-electron chi connectivity index (χ2n) is 7.16. The van der Waals surface area contributed by atoms with Gasteiger partial charge in [-0.2, -0.15) is 0 Å². The average Bonchev–Trinajstić information content (AvgIpc) is 3.22. The third kappa shape index (κ3) is 3.55. The standard InChI is InChI=1S/C21H22N4O3/c22-20(27)14-4-7-18(25-9-1-2-10-25)17(12-14)24-21(28)15-3-6-16-13(11-15)5-8-19(26)23-16/h3-4,6-7,11-12H,1-2,5,8-10H2,(H2,22,27)(H,23,26)(H,24,28). The summed E-state index contributed by atoms with van der Waals surface area (Å²) < 4.78 is 0. The molecule has 4 N–H and O–H groups in total. The molecule has 2 aromatic rings. The van der Waals surface area contributed by atoms with E-state index in [0.717, 1.165) is 42.9 Å². The summed E-state index contributed by atoms with van der Waals surface area (Å²) in [5.74, 6) is -0.807. The van der Waals surface area contributed by atoms with Crippen molar-refractivity contribution in [1.29, 1.82) is 0 Å². The van der Waals surface area contributed by atoms with E-state index in [9.17, 15) is 14.4 Å². The molecule has 2 aliphatic heterocycles. The molecule has 144 valence electrons. The number of fused-ring (bicyclic) bond motifs is 1. The van der Waals surface area contributed by atoms with E-state index in [0.29, 0.717) is 29.7 Å². The summed E-state index contributed by atoms with van der Waals surface area (Å²) in [5.41, 5.74) is 9.44. The summed E-state index contributed by atoms with van der Waals surface area (Å²) in [5, 5.41) is 5.75. The summed E-state index contributed by atoms with van der Waals surface area (Å²) in [4.78, 5) is 38.2. The lowest BCUT2D eigenvalue weighted by Crippen LogP contribution is -2.23. The fourth-order valence-electron chi connectivity index (χ4n) is 3.74. The molecule has 0 atom stereocenters. The Balaban J connectivity index is 1.62. The van der Waals surface area contributed by atoms with Crippen LogP contribution in [0.5, 0.6) is 0 Å². The molecule has 0 aromatic heterocycles. The Labute approximate surface area is 162 Å². The first-order chi connectivity index (χ1) is 13.5. The monoisotopic (exact) mass is 378 g/mol. The molecule has 0 saturated carbocycles. The summed E-state index contributed by atoms with van der Waals surface area (Å²) in [6.07, 6.45) is 3.22. The van der Waals surface area contributed by atoms with Crippen LogP contribution in [-0.2, 0) is 11.2 Å². The van der Waals surface area contributed by atoms with Gasteiger partial charge in [0.25, 0.3) is 5.91 Å². The first kappa shape index (κ1) is 18.0. The largest absolute Gasteiger partial charge is 0.370 e. The molecule has 28 heavy (non-hydrogen) atoms. The van der Waals surface area contributed by atoms with Gasteiger partial charge in [0.2, 0.25) is 11.8 Å². The molecule has 0 unspecified atom stereocenters. The van der Waals surface area contributed by atoms with Gasteiger partial charge in [-0.3, -0.25) is 14.4 Å². The van der Waals surface area contributed by atoms with Crippen molar-refractivity contribution in [2.24, 2.45) is 5.73 Å². The molecule has 2 heterocycles. The van der Waals surface area contributed by atoms with Crippen LogP contribution in [0.3, 0.4) is 0 Å². The predicted molar refractivity (Wildman–Crippen MR) is 108 cm³/mol. The zero-order valence-electron chi connectivity index (χ0n) is 15.5. The van der Waals surface area contributed by atoms with Crippen LogP contribution in [0.2, 0.25) is 0 Å². The number of benzene rings is 2. The molecule has 2 aromatic carbocycles. The second-order valence-corrected chi connectivity index (χ2v) is 7.16. The Kier molecular flexibility index (Phi) is 4.73. The van der Waals surface area contributed by atoms with E-state index in [1.54, 1.807) is 30.3 Å². The summed E-state index contributed by atoms with van der Waals surface area (Å²) >= 11 is 0. The van der Waals surface area contributed by atoms with Crippen LogP contribution >= 0.6 is 0 Å². The number of amides is 3. The number of anilines is 3. The molecule has 0 aliphatic carbocycles. The summed E-state index contributed by atoms with van der Waals surface area (Å²) in [7, 11) is 0. The third-order valence-electron chi connectivity index (χ3n) is 5.24. The Morgan fingerprint density at radius 3 is 2.50 bits per heavy atom. The van der Waals surface area contributed by atoms with E-state index in [2.05, 4.69) is 15.5 Å². The Hall–Kier alpha value is -3.35. The number of nitrogens with one attached hydrogen (secondary N) is 2. The highest BCUT2D eigenvalue weighted by molar-refractivity contribution is 6.07. The van der Waals surface area contributed by atoms with E-state index >= 15 is 0 Å². The number of primary amides is 1. The minimum absolute atomic E-state index is 0.0109. The number of nitrogens with two attached hydrogens (primary N) is 1. The molecule has 7 nitrogen and oxygen atoms in total. The smallest absolute Gasteiger partial charge is 0.255 e. The van der Waals surface area contributed by atoms with E-state index in [-0.39, 0.29) is 11.8 Å². The predicted octanol–water partition coefficient (Wildman–Crippen LogP) is 2.52. The minimum atomic E-state index is -0.534. The van der Waals surface area contributed by atoms with Gasteiger partial charge in [0.1, 0.15) is 0 Å². The van der Waals surface area contributed by atoms with Gasteiger partial charge in [-0.25, -0.2) is 0 Å². The van der Waals surface area contributed by atoms with Crippen LogP contribution in [0.4, 0.5) is 17.1 Å². The van der Waals surface area contributed by atoms with Gasteiger partial charge >= 0.3 is 0 Å². The molecular weight excluding hydrogens is 356 g/mol. The molecular formula is C21H22N4O3. The van der Waals surface area contributed by atoms with Crippen molar-refractivity contribution >= 4 is 34.8 Å². The molecule has 0 spiro atoms. The Bertz CT molecular complexity index is 964. The SMILES string of the molecule is NC(=O)c1ccc(N2CCCC2)c(NC(=O)c2ccc3c(c2)CCC(=O)N3)c1. The Morgan fingerprint density at radius 2 is 1.75 bits per heavy atom. The van der Waals surface area contributed by atoms with E-state index in [4.69, 9.17) is 5.73 Å². The number of rotatable bonds is 4. The number of hydrogen-bond acceptors (Lipinski definition) is 4. The van der Waals surface area contributed by atoms with Gasteiger partial charge in [0.15, 0.2) is 0 Å². The lowest BCUT2D eigenvalue weighted by atomic mass is 10.00. The number of nitrogens with zero attached hydrogens (tertiary/aromatic N) is 1. The minimum Gasteiger partial charge on any atom is -0.370 e. The third-order valence-corrected chi connectivity index (χ3v) is 5.24. The summed E-state index contributed by atoms with van der Waals surface area (Å²) in [6.45, 7) is 1.83. The average molecular weight is 378 g/mol. The fraction of sp³-hybridized carbons (Fsp3) is 0.286. The number of aryl methyl sites for hydroxylation is 1. The van der Waals surface area contributed by atoms with Crippen LogP contribution < -0.4 is 21.3 Å². The van der Waals surface area contributed by atoms with Gasteiger partial charge < -0.3 is 21.3 Å². The molecule has 3 amide bonds. The molecule has 0 bridgehead atoms. The van der Waals surface area contributed by atoms with Crippen LogP contribution in [0.25, 0.3) is 0 Å². The highest BCUT2D eigenvalue weighted by Crippen LogP contribution is 2.31. The maximum absolute atomic E-state index is 12.9. The molecule has 1 fully saturated rings. The molecule has 2 aliphatic rings. The quantitative estimate of drug-likeness (QED) is 0.760. The van der Waals surface area contributed by atoms with Gasteiger partial charge in [-0.1, -0.05) is 0 Å². The van der Waals surface area contributed by atoms with Crippen LogP contribution in [0.15, 0.2) is 36.4 Å². The van der Waals surface area contributed by atoms with Crippen molar-refractivity contribution in [2.45, 2.75) is 25.7 Å². The second kappa shape index (κ2) is 7.34. The van der Waals surface area contributed by atoms with Crippen LogP contribution in [0, 0.1) is 0 Å². The molecule has 0 radical (unpaired) electrons. The van der Waals surface area contributed by atoms with Gasteiger partial charge in [0, 0.05) is 36.3 Å². The van der Waals surface area contributed by atoms with Crippen molar-refractivity contribution < 1.29 is 14.4 Å². The number of carbonyl (C=O) groups is 3. The lowest BCUT2D eigenvalue weighted by Gasteiger charge is -2.22. The van der Waals surface area contributed by atoms with Crippen LogP contribution in [0.1, 0.15) is 45.5 Å². The number of carbonyl (C=O) groups excluding carboxylic acids is 3. The normalized spacial score (nSPS) is 15.7. The van der Waals surface area contributed by atoms with Crippen molar-refractivity contribution in [3.63, 3.8) is 0 Å². The van der Waals surface area contributed by atoms with E-state index < -0.39 is 5.91 Å². The van der Waals surface area contributed by atoms with Crippen molar-refractivity contribution in [3.05, 3.63) is 53.1 Å². The van der Waals surface area contributed by atoms with Gasteiger partial charge in [-0.15, -0.1) is 0 Å². The van der Waals surface area contributed by atoms with E-state index in [1.807, 2.05) is 6.07 Å². The van der Waals surface area contributed by atoms with Crippen LogP contribution in [-0.4, -0.2) is 30.8 Å². The highest BCUT2D eigenvalue weighted by atomic mass is 16.2. The first-order valence-electron chi connectivity index (χ1n) is 9.44. The zero-order valence-corrected chi connectivity index (χ0v) is 15.5. The van der Waals surface area contributed by atoms with E-state index in [1.165, 1.54) is 0 Å². The molecule has 4 rings (SSSR count). The maximum Gasteiger partial charge on any atom is 0.255 e. The van der Waals surface area contributed by atoms with Gasteiger partial charge in [-0.05, 0) is 61.2 Å². The fourth-order valence-corrected chi connectivity index (χ4v) is 3.74. The summed E-state index contributed by atoms with van der Waals surface area (Å²) in [6, 6.07) is 10.4. The molecule has 7 heteroatoms. The maximum atomic E-state index is 12.9. The van der Waals surface area contributed by atoms with Crippen molar-refractivity contribution in [2.75, 3.05) is 28.6 Å². The van der Waals surface area contributed by atoms with Crippen molar-refractivity contribution in [1.82, 2.24) is 0 Å². The van der Waals surface area contributed by atoms with Crippen molar-refractivity contribution in [3.8, 4) is 0 Å². The lowest BCUT2D eigenvalue weighted by molar-refractivity contribution is -0.116. The van der Waals surface area contributed by atoms with Gasteiger partial charge in [0.05, 0.1) is 11.4 Å². The first-order valence-corrected chi connectivity index (χ1v) is 9.44. The molecule has 1 saturated heterocycles. The topological polar surface area (TPSA) is 105 Å². The highest BCUT2D eigenvalue weighted by Gasteiger charge is 2.20.